The summed E-state index contributed by atoms with van der Waals surface area (Å²) >= 11 is 2.97. The van der Waals surface area contributed by atoms with Crippen molar-refractivity contribution in [2.45, 2.75) is 63.8 Å². The molecule has 0 aromatic carbocycles. The second-order valence-corrected chi connectivity index (χ2v) is 9.64. The molecule has 0 N–H and O–H groups in total. The van der Waals surface area contributed by atoms with Crippen LogP contribution < -0.4 is 5.56 Å². The molecule has 4 rings (SSSR count). The van der Waals surface area contributed by atoms with Crippen LogP contribution in [0.3, 0.4) is 0 Å². The average molecular weight is 422 g/mol. The van der Waals surface area contributed by atoms with Gasteiger partial charge in [-0.25, -0.2) is 4.98 Å². The Hall–Kier alpha value is -1.38. The number of hydrogen-bond donors (Lipinski definition) is 0. The predicted octanol–water partition coefficient (Wildman–Crippen LogP) is 3.22. The van der Waals surface area contributed by atoms with E-state index in [9.17, 15) is 9.59 Å². The van der Waals surface area contributed by atoms with Crippen molar-refractivity contribution in [3.05, 3.63) is 20.8 Å². The molecule has 2 saturated heterocycles. The normalized spacial score (nSPS) is 19.8. The molecule has 0 saturated carbocycles. The molecule has 0 bridgehead atoms. The van der Waals surface area contributed by atoms with Crippen LogP contribution in [0.5, 0.6) is 0 Å². The molecule has 2 aromatic heterocycles. The SMILES string of the molecule is CCc1c(C)sc2nc(SCC(=O)N3CCCC3)n(CC3CCCO3)c(=O)c12. The van der Waals surface area contributed by atoms with Crippen LogP contribution in [0, 0.1) is 6.92 Å². The van der Waals surface area contributed by atoms with Gasteiger partial charge in [-0.15, -0.1) is 11.3 Å². The van der Waals surface area contributed by atoms with E-state index in [2.05, 4.69) is 13.8 Å². The molecule has 4 heterocycles. The predicted molar refractivity (Wildman–Crippen MR) is 114 cm³/mol. The maximum absolute atomic E-state index is 13.4. The van der Waals surface area contributed by atoms with Crippen LogP contribution in [0.1, 0.15) is 43.0 Å². The van der Waals surface area contributed by atoms with E-state index in [4.69, 9.17) is 9.72 Å². The van der Waals surface area contributed by atoms with Crippen LogP contribution >= 0.6 is 23.1 Å². The Morgan fingerprint density at radius 2 is 2.11 bits per heavy atom. The molecule has 2 fully saturated rings. The standard InChI is InChI=1S/C20H27N3O3S2/c1-3-15-13(2)28-18-17(15)19(25)23(11-14-7-6-10-26-14)20(21-18)27-12-16(24)22-8-4-5-9-22/h14H,3-12H2,1-2H3. The van der Waals surface area contributed by atoms with Gasteiger partial charge in [0.1, 0.15) is 4.83 Å². The minimum atomic E-state index is 0.0119. The van der Waals surface area contributed by atoms with Gasteiger partial charge in [0.2, 0.25) is 5.91 Å². The largest absolute Gasteiger partial charge is 0.376 e. The summed E-state index contributed by atoms with van der Waals surface area (Å²) < 4.78 is 7.53. The summed E-state index contributed by atoms with van der Waals surface area (Å²) in [7, 11) is 0. The number of amides is 1. The lowest BCUT2D eigenvalue weighted by molar-refractivity contribution is -0.127. The van der Waals surface area contributed by atoms with Gasteiger partial charge in [0.05, 0.1) is 23.8 Å². The van der Waals surface area contributed by atoms with Crippen molar-refractivity contribution in [2.24, 2.45) is 0 Å². The fourth-order valence-electron chi connectivity index (χ4n) is 4.10. The summed E-state index contributed by atoms with van der Waals surface area (Å²) in [5, 5.41) is 1.39. The van der Waals surface area contributed by atoms with Crippen LogP contribution in [-0.4, -0.2) is 51.9 Å². The van der Waals surface area contributed by atoms with Crippen molar-refractivity contribution in [2.75, 3.05) is 25.4 Å². The maximum Gasteiger partial charge on any atom is 0.263 e. The molecule has 152 valence electrons. The molecule has 1 atom stereocenters. The zero-order valence-electron chi connectivity index (χ0n) is 16.5. The van der Waals surface area contributed by atoms with Gasteiger partial charge in [0, 0.05) is 24.6 Å². The molecule has 2 aliphatic rings. The summed E-state index contributed by atoms with van der Waals surface area (Å²) in [5.74, 6) is 0.464. The van der Waals surface area contributed by atoms with Crippen LogP contribution in [-0.2, 0) is 22.5 Å². The number of nitrogens with zero attached hydrogens (tertiary/aromatic N) is 3. The fourth-order valence-corrected chi connectivity index (χ4v) is 6.17. The Morgan fingerprint density at radius 1 is 1.32 bits per heavy atom. The van der Waals surface area contributed by atoms with Gasteiger partial charge in [0.25, 0.3) is 5.56 Å². The third-order valence-corrected chi connectivity index (χ3v) is 7.63. The molecule has 8 heteroatoms. The number of fused-ring (bicyclic) bond motifs is 1. The second-order valence-electron chi connectivity index (χ2n) is 7.49. The third kappa shape index (κ3) is 3.86. The number of carbonyl (C=O) groups is 1. The summed E-state index contributed by atoms with van der Waals surface area (Å²) in [4.78, 5) is 34.6. The van der Waals surface area contributed by atoms with Gasteiger partial charge < -0.3 is 9.64 Å². The Labute approximate surface area is 173 Å². The number of hydrogen-bond acceptors (Lipinski definition) is 6. The zero-order valence-corrected chi connectivity index (χ0v) is 18.2. The molecule has 0 spiro atoms. The van der Waals surface area contributed by atoms with Crippen molar-refractivity contribution in [3.8, 4) is 0 Å². The smallest absolute Gasteiger partial charge is 0.263 e. The number of thiophene rings is 1. The lowest BCUT2D eigenvalue weighted by Crippen LogP contribution is -2.31. The molecule has 0 radical (unpaired) electrons. The fraction of sp³-hybridized carbons (Fsp3) is 0.650. The van der Waals surface area contributed by atoms with Crippen LogP contribution in [0.4, 0.5) is 0 Å². The van der Waals surface area contributed by atoms with Crippen molar-refractivity contribution in [1.29, 1.82) is 0 Å². The van der Waals surface area contributed by atoms with E-state index in [1.165, 1.54) is 11.8 Å². The van der Waals surface area contributed by atoms with Crippen molar-refractivity contribution in [1.82, 2.24) is 14.5 Å². The molecule has 2 aliphatic heterocycles. The lowest BCUT2D eigenvalue weighted by Gasteiger charge is -2.17. The van der Waals surface area contributed by atoms with Gasteiger partial charge in [-0.2, -0.15) is 0 Å². The highest BCUT2D eigenvalue weighted by Gasteiger charge is 2.24. The van der Waals surface area contributed by atoms with Gasteiger partial charge in [-0.1, -0.05) is 18.7 Å². The van der Waals surface area contributed by atoms with Gasteiger partial charge in [-0.05, 0) is 44.6 Å². The van der Waals surface area contributed by atoms with Crippen molar-refractivity contribution < 1.29 is 9.53 Å². The molecule has 6 nitrogen and oxygen atoms in total. The molecular weight excluding hydrogens is 394 g/mol. The highest BCUT2D eigenvalue weighted by atomic mass is 32.2. The quantitative estimate of drug-likeness (QED) is 0.529. The molecular formula is C20H27N3O3S2. The van der Waals surface area contributed by atoms with Crippen molar-refractivity contribution in [3.63, 3.8) is 0 Å². The zero-order chi connectivity index (χ0) is 19.7. The number of rotatable bonds is 6. The monoisotopic (exact) mass is 421 g/mol. The highest BCUT2D eigenvalue weighted by Crippen LogP contribution is 2.30. The molecule has 28 heavy (non-hydrogen) atoms. The summed E-state index contributed by atoms with van der Waals surface area (Å²) in [6, 6.07) is 0. The van der Waals surface area contributed by atoms with E-state index < -0.39 is 0 Å². The summed E-state index contributed by atoms with van der Waals surface area (Å²) in [5.41, 5.74) is 1.11. The van der Waals surface area contributed by atoms with E-state index >= 15 is 0 Å². The van der Waals surface area contributed by atoms with Crippen LogP contribution in [0.25, 0.3) is 10.2 Å². The van der Waals surface area contributed by atoms with E-state index in [1.807, 2.05) is 4.90 Å². The summed E-state index contributed by atoms with van der Waals surface area (Å²) in [6.07, 6.45) is 5.03. The van der Waals surface area contributed by atoms with E-state index in [0.717, 1.165) is 72.5 Å². The first kappa shape index (κ1) is 19.9. The van der Waals surface area contributed by atoms with E-state index in [1.54, 1.807) is 15.9 Å². The number of carbonyl (C=O) groups excluding carboxylic acids is 1. The number of likely N-dealkylation sites (tertiary alicyclic amines) is 1. The number of aryl methyl sites for hydroxylation is 2. The third-order valence-electron chi connectivity index (χ3n) is 5.62. The van der Waals surface area contributed by atoms with Crippen molar-refractivity contribution >= 4 is 39.2 Å². The van der Waals surface area contributed by atoms with Gasteiger partial charge in [0.15, 0.2) is 5.16 Å². The lowest BCUT2D eigenvalue weighted by atomic mass is 10.1. The Bertz CT molecular complexity index is 925. The molecule has 1 amide bonds. The average Bonchev–Trinajstić information content (AvgIpc) is 3.43. The van der Waals surface area contributed by atoms with E-state index in [-0.39, 0.29) is 17.6 Å². The number of ether oxygens (including phenoxy) is 1. The van der Waals surface area contributed by atoms with Crippen LogP contribution in [0.15, 0.2) is 9.95 Å². The minimum absolute atomic E-state index is 0.0119. The first-order valence-electron chi connectivity index (χ1n) is 10.1. The first-order chi connectivity index (χ1) is 13.6. The minimum Gasteiger partial charge on any atom is -0.376 e. The van der Waals surface area contributed by atoms with Crippen LogP contribution in [0.2, 0.25) is 0 Å². The number of thioether (sulfide) groups is 1. The molecule has 2 aromatic rings. The molecule has 1 unspecified atom stereocenters. The first-order valence-corrected chi connectivity index (χ1v) is 11.9. The van der Waals surface area contributed by atoms with Gasteiger partial charge >= 0.3 is 0 Å². The number of aromatic nitrogens is 2. The second kappa shape index (κ2) is 8.55. The molecule has 0 aliphatic carbocycles. The summed E-state index contributed by atoms with van der Waals surface area (Å²) in [6.45, 7) is 7.09. The highest BCUT2D eigenvalue weighted by molar-refractivity contribution is 7.99. The Balaban J connectivity index is 1.68. The maximum atomic E-state index is 13.4. The Kier molecular flexibility index (Phi) is 6.08. The van der Waals surface area contributed by atoms with E-state index in [0.29, 0.717) is 17.5 Å². The topological polar surface area (TPSA) is 64.4 Å². The van der Waals surface area contributed by atoms with Gasteiger partial charge in [-0.3, -0.25) is 14.2 Å². The Morgan fingerprint density at radius 3 is 2.79 bits per heavy atom.